The number of aryl methyl sites for hydroxylation is 2. The molecular weight excluding hydrogens is 242 g/mol. The van der Waals surface area contributed by atoms with Gasteiger partial charge in [0.25, 0.3) is 0 Å². The van der Waals surface area contributed by atoms with Crippen LogP contribution in [0.2, 0.25) is 0 Å². The summed E-state index contributed by atoms with van der Waals surface area (Å²) in [5, 5.41) is 10.9. The van der Waals surface area contributed by atoms with E-state index >= 15 is 0 Å². The highest BCUT2D eigenvalue weighted by atomic mass is 32.1. The van der Waals surface area contributed by atoms with Gasteiger partial charge in [0.05, 0.1) is 16.1 Å². The van der Waals surface area contributed by atoms with Crippen LogP contribution in [0, 0.1) is 13.8 Å². The summed E-state index contributed by atoms with van der Waals surface area (Å²) >= 11 is 1.51. The average molecular weight is 257 g/mol. The zero-order valence-corrected chi connectivity index (χ0v) is 11.3. The van der Waals surface area contributed by atoms with E-state index in [1.165, 1.54) is 11.3 Å². The Bertz CT molecular complexity index is 600. The molecule has 2 rings (SSSR count). The first-order valence-corrected chi connectivity index (χ1v) is 6.44. The maximum Gasteiger partial charge on any atom is 0.128 e. The molecule has 0 spiro atoms. The minimum Gasteiger partial charge on any atom is -0.507 e. The molecule has 0 bridgehead atoms. The number of hydrogen-bond acceptors (Lipinski definition) is 3. The van der Waals surface area contributed by atoms with Crippen LogP contribution in [0.3, 0.4) is 0 Å². The first-order chi connectivity index (χ1) is 8.56. The minimum absolute atomic E-state index is 0.292. The predicted octanol–water partition coefficient (Wildman–Crippen LogP) is 4.42. The molecule has 1 heterocycles. The highest BCUT2D eigenvalue weighted by Crippen LogP contribution is 2.37. The summed E-state index contributed by atoms with van der Waals surface area (Å²) in [6, 6.07) is 3.90. The molecule has 0 saturated carbocycles. The van der Waals surface area contributed by atoms with E-state index in [1.807, 2.05) is 26.0 Å². The fraction of sp³-hybridized carbons (Fsp3) is 0.133. The molecule has 0 amide bonds. The van der Waals surface area contributed by atoms with Crippen molar-refractivity contribution in [2.75, 3.05) is 0 Å². The molecule has 3 heteroatoms. The fourth-order valence-corrected chi connectivity index (χ4v) is 2.81. The van der Waals surface area contributed by atoms with Crippen molar-refractivity contribution in [2.24, 2.45) is 0 Å². The van der Waals surface area contributed by atoms with Gasteiger partial charge in [-0.2, -0.15) is 0 Å². The molecular formula is C15H15NOS. The molecule has 0 aliphatic rings. The van der Waals surface area contributed by atoms with Gasteiger partial charge in [0.2, 0.25) is 0 Å². The number of nitrogens with zero attached hydrogens (tertiary/aromatic N) is 1. The molecule has 0 saturated heterocycles. The van der Waals surface area contributed by atoms with E-state index in [0.717, 1.165) is 32.3 Å². The molecule has 1 aromatic carbocycles. The lowest BCUT2D eigenvalue weighted by molar-refractivity contribution is 0.473. The summed E-state index contributed by atoms with van der Waals surface area (Å²) in [4.78, 5) is 5.45. The van der Waals surface area contributed by atoms with Crippen LogP contribution in [-0.4, -0.2) is 10.1 Å². The Morgan fingerprint density at radius 1 is 1.22 bits per heavy atom. The summed E-state index contributed by atoms with van der Waals surface area (Å²) < 4.78 is 0. The maximum absolute atomic E-state index is 10.1. The van der Waals surface area contributed by atoms with E-state index in [4.69, 9.17) is 0 Å². The first kappa shape index (κ1) is 12.6. The van der Waals surface area contributed by atoms with Gasteiger partial charge in [-0.3, -0.25) is 0 Å². The van der Waals surface area contributed by atoms with Crippen molar-refractivity contribution in [3.05, 3.63) is 47.0 Å². The predicted molar refractivity (Wildman–Crippen MR) is 78.9 cm³/mol. The smallest absolute Gasteiger partial charge is 0.128 e. The van der Waals surface area contributed by atoms with Crippen molar-refractivity contribution in [3.8, 4) is 16.3 Å². The monoisotopic (exact) mass is 257 g/mol. The largest absolute Gasteiger partial charge is 0.507 e. The van der Waals surface area contributed by atoms with Gasteiger partial charge in [-0.05, 0) is 43.2 Å². The summed E-state index contributed by atoms with van der Waals surface area (Å²) in [6.45, 7) is 11.4. The SMILES string of the molecule is C=Cc1nc(-c2cc(C)cc(C)c2O)sc1C=C. The molecule has 0 unspecified atom stereocenters. The summed E-state index contributed by atoms with van der Waals surface area (Å²) in [7, 11) is 0. The Labute approximate surface area is 111 Å². The third-order valence-corrected chi connectivity index (χ3v) is 3.84. The maximum atomic E-state index is 10.1. The Morgan fingerprint density at radius 3 is 2.50 bits per heavy atom. The summed E-state index contributed by atoms with van der Waals surface area (Å²) in [5.41, 5.74) is 3.55. The number of thiazole rings is 1. The number of aromatic nitrogens is 1. The van der Waals surface area contributed by atoms with Crippen LogP contribution >= 0.6 is 11.3 Å². The Morgan fingerprint density at radius 2 is 1.94 bits per heavy atom. The second-order valence-electron chi connectivity index (χ2n) is 4.15. The number of phenols is 1. The normalized spacial score (nSPS) is 10.3. The summed E-state index contributed by atoms with van der Waals surface area (Å²) in [5.74, 6) is 0.292. The van der Waals surface area contributed by atoms with Crippen molar-refractivity contribution in [3.63, 3.8) is 0 Å². The van der Waals surface area contributed by atoms with E-state index < -0.39 is 0 Å². The third-order valence-electron chi connectivity index (χ3n) is 2.74. The van der Waals surface area contributed by atoms with Gasteiger partial charge >= 0.3 is 0 Å². The van der Waals surface area contributed by atoms with E-state index in [9.17, 15) is 5.11 Å². The van der Waals surface area contributed by atoms with E-state index in [0.29, 0.717) is 5.75 Å². The van der Waals surface area contributed by atoms with E-state index in [2.05, 4.69) is 18.1 Å². The molecule has 1 aromatic heterocycles. The lowest BCUT2D eigenvalue weighted by atomic mass is 10.1. The highest BCUT2D eigenvalue weighted by Gasteiger charge is 2.13. The molecule has 0 aliphatic carbocycles. The van der Waals surface area contributed by atoms with Gasteiger partial charge in [0.15, 0.2) is 0 Å². The van der Waals surface area contributed by atoms with Crippen LogP contribution in [0.4, 0.5) is 0 Å². The molecule has 0 atom stereocenters. The van der Waals surface area contributed by atoms with Crippen molar-refractivity contribution in [1.29, 1.82) is 0 Å². The van der Waals surface area contributed by atoms with Gasteiger partial charge in [-0.1, -0.05) is 19.2 Å². The Kier molecular flexibility index (Phi) is 3.34. The second kappa shape index (κ2) is 4.78. The van der Waals surface area contributed by atoms with E-state index in [1.54, 1.807) is 12.2 Å². The summed E-state index contributed by atoms with van der Waals surface area (Å²) in [6.07, 6.45) is 3.47. The fourth-order valence-electron chi connectivity index (χ4n) is 1.87. The number of phenolic OH excluding ortho intramolecular Hbond substituents is 1. The first-order valence-electron chi connectivity index (χ1n) is 5.63. The Hall–Kier alpha value is -1.87. The number of hydrogen-bond donors (Lipinski definition) is 1. The van der Waals surface area contributed by atoms with Crippen LogP contribution in [0.15, 0.2) is 25.3 Å². The zero-order valence-electron chi connectivity index (χ0n) is 10.5. The molecule has 0 aliphatic heterocycles. The van der Waals surface area contributed by atoms with Gasteiger partial charge in [0.1, 0.15) is 10.8 Å². The van der Waals surface area contributed by atoms with Gasteiger partial charge in [0, 0.05) is 0 Å². The number of rotatable bonds is 3. The average Bonchev–Trinajstić information content (AvgIpc) is 2.76. The van der Waals surface area contributed by atoms with Crippen LogP contribution in [0.5, 0.6) is 5.75 Å². The van der Waals surface area contributed by atoms with Crippen molar-refractivity contribution in [2.45, 2.75) is 13.8 Å². The minimum atomic E-state index is 0.292. The number of benzene rings is 1. The standard InChI is InChI=1S/C15H15NOS/c1-5-12-13(6-2)18-15(16-12)11-8-9(3)7-10(4)14(11)17/h5-8,17H,1-2H2,3-4H3. The van der Waals surface area contributed by atoms with Crippen molar-refractivity contribution < 1.29 is 5.11 Å². The topological polar surface area (TPSA) is 33.1 Å². The van der Waals surface area contributed by atoms with Crippen LogP contribution in [0.25, 0.3) is 22.7 Å². The number of aromatic hydroxyl groups is 1. The lowest BCUT2D eigenvalue weighted by Gasteiger charge is -2.06. The zero-order chi connectivity index (χ0) is 13.3. The lowest BCUT2D eigenvalue weighted by Crippen LogP contribution is -1.85. The molecule has 1 N–H and O–H groups in total. The van der Waals surface area contributed by atoms with Crippen LogP contribution in [0.1, 0.15) is 21.7 Å². The second-order valence-corrected chi connectivity index (χ2v) is 5.19. The van der Waals surface area contributed by atoms with Crippen LogP contribution in [-0.2, 0) is 0 Å². The van der Waals surface area contributed by atoms with Gasteiger partial charge in [-0.25, -0.2) is 4.98 Å². The third kappa shape index (κ3) is 2.09. The van der Waals surface area contributed by atoms with Crippen molar-refractivity contribution in [1.82, 2.24) is 4.98 Å². The highest BCUT2D eigenvalue weighted by molar-refractivity contribution is 7.16. The van der Waals surface area contributed by atoms with Gasteiger partial charge < -0.3 is 5.11 Å². The van der Waals surface area contributed by atoms with Crippen molar-refractivity contribution >= 4 is 23.5 Å². The van der Waals surface area contributed by atoms with E-state index in [-0.39, 0.29) is 0 Å². The molecule has 18 heavy (non-hydrogen) atoms. The van der Waals surface area contributed by atoms with Gasteiger partial charge in [-0.15, -0.1) is 11.3 Å². The quantitative estimate of drug-likeness (QED) is 0.883. The molecule has 92 valence electrons. The molecule has 2 nitrogen and oxygen atoms in total. The molecule has 0 fully saturated rings. The molecule has 0 radical (unpaired) electrons. The van der Waals surface area contributed by atoms with Crippen LogP contribution < -0.4 is 0 Å². The Balaban J connectivity index is 2.65. The molecule has 2 aromatic rings.